The van der Waals surface area contributed by atoms with Crippen LogP contribution in [0.5, 0.6) is 0 Å². The molecule has 1 amide bonds. The molecule has 0 radical (unpaired) electrons. The van der Waals surface area contributed by atoms with Gasteiger partial charge in [0.2, 0.25) is 5.91 Å². The molecule has 0 bridgehead atoms. The highest BCUT2D eigenvalue weighted by Gasteiger charge is 2.11. The van der Waals surface area contributed by atoms with Crippen molar-refractivity contribution >= 4 is 11.7 Å². The van der Waals surface area contributed by atoms with Gasteiger partial charge in [-0.15, -0.1) is 0 Å². The van der Waals surface area contributed by atoms with Crippen molar-refractivity contribution in [2.24, 2.45) is 5.73 Å². The molecule has 0 fully saturated rings. The van der Waals surface area contributed by atoms with E-state index in [1.807, 2.05) is 12.1 Å². The van der Waals surface area contributed by atoms with E-state index in [1.54, 1.807) is 19.2 Å². The lowest BCUT2D eigenvalue weighted by Gasteiger charge is -2.09. The number of carbonyl (C=O) groups is 2. The molecule has 1 aromatic rings. The fourth-order valence-electron chi connectivity index (χ4n) is 1.41. The highest BCUT2D eigenvalue weighted by atomic mass is 16.2. The van der Waals surface area contributed by atoms with E-state index in [2.05, 4.69) is 5.32 Å². The van der Waals surface area contributed by atoms with Gasteiger partial charge in [-0.25, -0.2) is 0 Å². The summed E-state index contributed by atoms with van der Waals surface area (Å²) < 4.78 is 0. The molecule has 0 aliphatic rings. The van der Waals surface area contributed by atoms with Crippen molar-refractivity contribution < 1.29 is 9.59 Å². The van der Waals surface area contributed by atoms with Gasteiger partial charge in [0.1, 0.15) is 0 Å². The molecule has 1 unspecified atom stereocenters. The van der Waals surface area contributed by atoms with Crippen LogP contribution in [0, 0.1) is 0 Å². The Balaban J connectivity index is 2.68. The fraction of sp³-hybridized carbons (Fsp3) is 0.333. The largest absolute Gasteiger partial charge is 0.358 e. The second-order valence-corrected chi connectivity index (χ2v) is 3.68. The maximum Gasteiger partial charge on any atom is 0.237 e. The van der Waals surface area contributed by atoms with E-state index >= 15 is 0 Å². The predicted molar refractivity (Wildman–Crippen MR) is 62.2 cm³/mol. The van der Waals surface area contributed by atoms with E-state index < -0.39 is 6.04 Å². The van der Waals surface area contributed by atoms with E-state index in [1.165, 1.54) is 6.92 Å². The summed E-state index contributed by atoms with van der Waals surface area (Å²) in [4.78, 5) is 22.2. The van der Waals surface area contributed by atoms with Crippen LogP contribution in [0.1, 0.15) is 22.8 Å². The first kappa shape index (κ1) is 12.4. The number of hydrogen-bond donors (Lipinski definition) is 2. The van der Waals surface area contributed by atoms with Crippen molar-refractivity contribution in [2.75, 3.05) is 7.05 Å². The molecule has 0 aliphatic carbocycles. The van der Waals surface area contributed by atoms with Gasteiger partial charge in [-0.3, -0.25) is 9.59 Å². The number of nitrogens with two attached hydrogens (primary N) is 1. The quantitative estimate of drug-likeness (QED) is 0.726. The molecule has 0 aromatic heterocycles. The number of ketones is 1. The topological polar surface area (TPSA) is 72.2 Å². The van der Waals surface area contributed by atoms with Gasteiger partial charge in [0.05, 0.1) is 6.04 Å². The van der Waals surface area contributed by atoms with Crippen molar-refractivity contribution in [1.82, 2.24) is 5.32 Å². The van der Waals surface area contributed by atoms with Gasteiger partial charge in [0.15, 0.2) is 5.78 Å². The number of carbonyl (C=O) groups excluding carboxylic acids is 2. The number of hydrogen-bond acceptors (Lipinski definition) is 3. The highest BCUT2D eigenvalue weighted by molar-refractivity contribution is 5.94. The van der Waals surface area contributed by atoms with Crippen LogP contribution in [0.3, 0.4) is 0 Å². The minimum Gasteiger partial charge on any atom is -0.358 e. The molecule has 86 valence electrons. The smallest absolute Gasteiger partial charge is 0.237 e. The second-order valence-electron chi connectivity index (χ2n) is 3.68. The summed E-state index contributed by atoms with van der Waals surface area (Å²) in [7, 11) is 1.56. The van der Waals surface area contributed by atoms with E-state index in [0.29, 0.717) is 12.0 Å². The molecule has 3 N–H and O–H groups in total. The number of amides is 1. The van der Waals surface area contributed by atoms with Gasteiger partial charge < -0.3 is 11.1 Å². The zero-order valence-corrected chi connectivity index (χ0v) is 9.49. The van der Waals surface area contributed by atoms with Crippen molar-refractivity contribution in [3.8, 4) is 0 Å². The Labute approximate surface area is 94.8 Å². The number of benzene rings is 1. The summed E-state index contributed by atoms with van der Waals surface area (Å²) in [5.41, 5.74) is 7.29. The van der Waals surface area contributed by atoms with Crippen molar-refractivity contribution in [3.05, 3.63) is 35.4 Å². The first-order valence-corrected chi connectivity index (χ1v) is 5.11. The molecule has 1 rings (SSSR count). The van der Waals surface area contributed by atoms with Crippen LogP contribution in [0.15, 0.2) is 24.3 Å². The second kappa shape index (κ2) is 5.42. The fourth-order valence-corrected chi connectivity index (χ4v) is 1.41. The lowest BCUT2D eigenvalue weighted by atomic mass is 10.0. The Morgan fingerprint density at radius 1 is 1.31 bits per heavy atom. The maximum absolute atomic E-state index is 11.2. The number of nitrogens with one attached hydrogen (secondary N) is 1. The molecule has 0 heterocycles. The summed E-state index contributed by atoms with van der Waals surface area (Å²) in [6, 6.07) is 6.58. The average molecular weight is 220 g/mol. The average Bonchev–Trinajstić information content (AvgIpc) is 2.28. The minimum absolute atomic E-state index is 0.0298. The monoisotopic (exact) mass is 220 g/mol. The van der Waals surface area contributed by atoms with Gasteiger partial charge in [0, 0.05) is 12.6 Å². The van der Waals surface area contributed by atoms with Gasteiger partial charge in [-0.2, -0.15) is 0 Å². The molecule has 4 heteroatoms. The first-order chi connectivity index (χ1) is 7.54. The number of likely N-dealkylation sites (N-methyl/N-ethyl adjacent to an activating group) is 1. The molecule has 0 aliphatic heterocycles. The first-order valence-electron chi connectivity index (χ1n) is 5.11. The van der Waals surface area contributed by atoms with Crippen molar-refractivity contribution in [1.29, 1.82) is 0 Å². The van der Waals surface area contributed by atoms with Gasteiger partial charge in [-0.1, -0.05) is 24.3 Å². The van der Waals surface area contributed by atoms with Crippen molar-refractivity contribution in [3.63, 3.8) is 0 Å². The minimum atomic E-state index is -0.548. The number of Topliss-reactive ketones (excluding diaryl/α,β-unsaturated/α-hetero) is 1. The Morgan fingerprint density at radius 3 is 2.31 bits per heavy atom. The highest BCUT2D eigenvalue weighted by Crippen LogP contribution is 2.07. The lowest BCUT2D eigenvalue weighted by molar-refractivity contribution is -0.121. The third-order valence-corrected chi connectivity index (χ3v) is 2.40. The summed E-state index contributed by atoms with van der Waals surface area (Å²) in [5.74, 6) is -0.155. The zero-order chi connectivity index (χ0) is 12.1. The Morgan fingerprint density at radius 2 is 1.88 bits per heavy atom. The molecule has 0 saturated carbocycles. The van der Waals surface area contributed by atoms with E-state index in [9.17, 15) is 9.59 Å². The zero-order valence-electron chi connectivity index (χ0n) is 9.49. The molecular weight excluding hydrogens is 204 g/mol. The van der Waals surface area contributed by atoms with Gasteiger partial charge >= 0.3 is 0 Å². The van der Waals surface area contributed by atoms with Crippen LogP contribution in [0.25, 0.3) is 0 Å². The van der Waals surface area contributed by atoms with Crippen LogP contribution in [-0.4, -0.2) is 24.8 Å². The van der Waals surface area contributed by atoms with E-state index in [4.69, 9.17) is 5.73 Å². The van der Waals surface area contributed by atoms with Gasteiger partial charge in [0.25, 0.3) is 0 Å². The van der Waals surface area contributed by atoms with Crippen LogP contribution in [0.4, 0.5) is 0 Å². The van der Waals surface area contributed by atoms with Gasteiger partial charge in [-0.05, 0) is 18.9 Å². The summed E-state index contributed by atoms with van der Waals surface area (Å²) in [5, 5.41) is 2.50. The van der Waals surface area contributed by atoms with E-state index in [-0.39, 0.29) is 11.7 Å². The van der Waals surface area contributed by atoms with Crippen LogP contribution in [0.2, 0.25) is 0 Å². The Bertz CT molecular complexity index is 385. The summed E-state index contributed by atoms with van der Waals surface area (Å²) in [6.07, 6.45) is 0.470. The molecule has 16 heavy (non-hydrogen) atoms. The van der Waals surface area contributed by atoms with Crippen LogP contribution < -0.4 is 11.1 Å². The molecule has 1 aromatic carbocycles. The summed E-state index contributed by atoms with van der Waals surface area (Å²) >= 11 is 0. The molecule has 0 spiro atoms. The van der Waals surface area contributed by atoms with Crippen LogP contribution >= 0.6 is 0 Å². The molecule has 4 nitrogen and oxygen atoms in total. The van der Waals surface area contributed by atoms with Crippen LogP contribution in [-0.2, 0) is 11.2 Å². The maximum atomic E-state index is 11.2. The Kier molecular flexibility index (Phi) is 4.19. The third kappa shape index (κ3) is 3.17. The predicted octanol–water partition coefficient (Wildman–Crippen LogP) is 0.505. The Hall–Kier alpha value is -1.68. The molecule has 1 atom stereocenters. The lowest BCUT2D eigenvalue weighted by Crippen LogP contribution is -2.40. The normalized spacial score (nSPS) is 11.9. The molecular formula is C12H16N2O2. The van der Waals surface area contributed by atoms with Crippen molar-refractivity contribution in [2.45, 2.75) is 19.4 Å². The summed E-state index contributed by atoms with van der Waals surface area (Å²) in [6.45, 7) is 1.52. The number of rotatable bonds is 4. The third-order valence-electron chi connectivity index (χ3n) is 2.40. The van der Waals surface area contributed by atoms with E-state index in [0.717, 1.165) is 5.56 Å². The SMILES string of the molecule is CNC(=O)C(N)Cc1ccc(C(C)=O)cc1. The molecule has 0 saturated heterocycles. The standard InChI is InChI=1S/C12H16N2O2/c1-8(15)10-5-3-9(4-6-10)7-11(13)12(16)14-2/h3-6,11H,7,13H2,1-2H3,(H,14,16).